The minimum absolute atomic E-state index is 0.209. The molecule has 1 aliphatic rings. The molecule has 0 aliphatic carbocycles. The number of benzene rings is 1. The number of aryl methyl sites for hydroxylation is 1. The van der Waals surface area contributed by atoms with E-state index >= 15 is 0 Å². The van der Waals surface area contributed by atoms with E-state index in [0.717, 1.165) is 30.5 Å². The van der Waals surface area contributed by atoms with Crippen LogP contribution < -0.4 is 10.6 Å². The van der Waals surface area contributed by atoms with Crippen molar-refractivity contribution in [3.8, 4) is 0 Å². The molecule has 2 amide bonds. The van der Waals surface area contributed by atoms with Gasteiger partial charge in [0.1, 0.15) is 0 Å². The van der Waals surface area contributed by atoms with Crippen LogP contribution in [0.1, 0.15) is 56.3 Å². The van der Waals surface area contributed by atoms with Crippen LogP contribution in [0.2, 0.25) is 0 Å². The second kappa shape index (κ2) is 10.4. The molecule has 0 aromatic heterocycles. The predicted octanol–water partition coefficient (Wildman–Crippen LogP) is 2.98. The van der Waals surface area contributed by atoms with Crippen LogP contribution in [-0.4, -0.2) is 48.3 Å². The number of aliphatic hydroxyl groups is 1. The van der Waals surface area contributed by atoms with Crippen LogP contribution in [0.15, 0.2) is 24.3 Å². The first-order valence-corrected chi connectivity index (χ1v) is 9.57. The minimum atomic E-state index is -0.674. The number of carbonyl (C=O) groups is 1. The summed E-state index contributed by atoms with van der Waals surface area (Å²) in [6.07, 6.45) is 5.40. The third-order valence-electron chi connectivity index (χ3n) is 5.10. The molecule has 0 bridgehead atoms. The lowest BCUT2D eigenvalue weighted by molar-refractivity contribution is 0.158. The van der Waals surface area contributed by atoms with Gasteiger partial charge in [0.25, 0.3) is 0 Å². The van der Waals surface area contributed by atoms with Crippen LogP contribution >= 0.6 is 0 Å². The van der Waals surface area contributed by atoms with E-state index in [1.54, 1.807) is 0 Å². The number of piperidine rings is 1. The van der Waals surface area contributed by atoms with Crippen molar-refractivity contribution in [1.29, 1.82) is 0 Å². The molecule has 5 nitrogen and oxygen atoms in total. The third-order valence-corrected chi connectivity index (χ3v) is 5.10. The Morgan fingerprint density at radius 2 is 2.08 bits per heavy atom. The summed E-state index contributed by atoms with van der Waals surface area (Å²) in [5.41, 5.74) is 1.89. The minimum Gasteiger partial charge on any atom is -0.387 e. The molecule has 25 heavy (non-hydrogen) atoms. The van der Waals surface area contributed by atoms with Gasteiger partial charge in [0.2, 0.25) is 0 Å². The highest BCUT2D eigenvalue weighted by Gasteiger charge is 2.17. The van der Waals surface area contributed by atoms with Crippen molar-refractivity contribution < 1.29 is 9.90 Å². The Morgan fingerprint density at radius 3 is 2.84 bits per heavy atom. The summed E-state index contributed by atoms with van der Waals surface area (Å²) in [6, 6.07) is 8.18. The van der Waals surface area contributed by atoms with Crippen LogP contribution in [0.3, 0.4) is 0 Å². The number of rotatable bonds is 8. The topological polar surface area (TPSA) is 64.6 Å². The number of likely N-dealkylation sites (tertiary alicyclic amines) is 1. The molecule has 5 heteroatoms. The van der Waals surface area contributed by atoms with Crippen molar-refractivity contribution in [1.82, 2.24) is 15.5 Å². The predicted molar refractivity (Wildman–Crippen MR) is 102 cm³/mol. The molecule has 1 aromatic rings. The molecular formula is C20H33N3O2. The van der Waals surface area contributed by atoms with E-state index in [0.29, 0.717) is 12.6 Å². The smallest absolute Gasteiger partial charge is 0.314 e. The summed E-state index contributed by atoms with van der Waals surface area (Å²) in [7, 11) is 0. The SMILES string of the molecule is Cc1ccccc1C(O)CNC(=O)NCCCCN1CCCCC1C. The van der Waals surface area contributed by atoms with Gasteiger partial charge in [0.15, 0.2) is 0 Å². The van der Waals surface area contributed by atoms with Crippen LogP contribution in [0, 0.1) is 6.92 Å². The van der Waals surface area contributed by atoms with E-state index < -0.39 is 6.10 Å². The van der Waals surface area contributed by atoms with Crippen molar-refractivity contribution in [2.75, 3.05) is 26.2 Å². The van der Waals surface area contributed by atoms with E-state index in [2.05, 4.69) is 22.5 Å². The van der Waals surface area contributed by atoms with Gasteiger partial charge in [0, 0.05) is 19.1 Å². The molecule has 1 aliphatic heterocycles. The fourth-order valence-corrected chi connectivity index (χ4v) is 3.45. The van der Waals surface area contributed by atoms with Crippen LogP contribution in [0.4, 0.5) is 4.79 Å². The van der Waals surface area contributed by atoms with Gasteiger partial charge in [0.05, 0.1) is 6.10 Å². The van der Waals surface area contributed by atoms with E-state index in [1.807, 2.05) is 31.2 Å². The van der Waals surface area contributed by atoms with E-state index in [4.69, 9.17) is 0 Å². The van der Waals surface area contributed by atoms with Gasteiger partial charge >= 0.3 is 6.03 Å². The van der Waals surface area contributed by atoms with Gasteiger partial charge in [-0.15, -0.1) is 0 Å². The number of hydrogen-bond donors (Lipinski definition) is 3. The van der Waals surface area contributed by atoms with Gasteiger partial charge in [-0.2, -0.15) is 0 Å². The number of unbranched alkanes of at least 4 members (excludes halogenated alkanes) is 1. The number of carbonyl (C=O) groups excluding carboxylic acids is 1. The first-order valence-electron chi connectivity index (χ1n) is 9.57. The maximum Gasteiger partial charge on any atom is 0.314 e. The fourth-order valence-electron chi connectivity index (χ4n) is 3.45. The molecule has 1 saturated heterocycles. The lowest BCUT2D eigenvalue weighted by atomic mass is 10.0. The Kier molecular flexibility index (Phi) is 8.22. The molecule has 1 heterocycles. The quantitative estimate of drug-likeness (QED) is 0.634. The number of nitrogens with one attached hydrogen (secondary N) is 2. The van der Waals surface area contributed by atoms with Crippen molar-refractivity contribution in [2.45, 2.75) is 58.1 Å². The van der Waals surface area contributed by atoms with Crippen LogP contribution in [0.25, 0.3) is 0 Å². The summed E-state index contributed by atoms with van der Waals surface area (Å²) >= 11 is 0. The molecule has 3 N–H and O–H groups in total. The Balaban J connectivity index is 1.56. The average molecular weight is 348 g/mol. The molecule has 140 valence electrons. The fraction of sp³-hybridized carbons (Fsp3) is 0.650. The standard InChI is InChI=1S/C20H33N3O2/c1-16-9-3-4-11-18(16)19(24)15-22-20(25)21-12-6-8-14-23-13-7-5-10-17(23)2/h3-4,9,11,17,19,24H,5-8,10,12-15H2,1-2H3,(H2,21,22,25). The number of nitrogens with zero attached hydrogens (tertiary/aromatic N) is 1. The third kappa shape index (κ3) is 6.67. The Morgan fingerprint density at radius 1 is 1.28 bits per heavy atom. The molecule has 2 unspecified atom stereocenters. The normalized spacial score (nSPS) is 19.4. The lowest BCUT2D eigenvalue weighted by Gasteiger charge is -2.33. The first kappa shape index (κ1) is 19.7. The molecule has 2 atom stereocenters. The maximum atomic E-state index is 11.8. The summed E-state index contributed by atoms with van der Waals surface area (Å²) in [5.74, 6) is 0. The summed E-state index contributed by atoms with van der Waals surface area (Å²) in [6.45, 7) is 7.51. The Labute approximate surface area is 151 Å². The zero-order chi connectivity index (χ0) is 18.1. The van der Waals surface area contributed by atoms with Crippen molar-refractivity contribution in [2.24, 2.45) is 0 Å². The molecule has 1 aromatic carbocycles. The first-order chi connectivity index (χ1) is 12.1. The van der Waals surface area contributed by atoms with E-state index in [1.165, 1.54) is 25.8 Å². The van der Waals surface area contributed by atoms with Gasteiger partial charge in [-0.1, -0.05) is 30.7 Å². The summed E-state index contributed by atoms with van der Waals surface area (Å²) in [5, 5.41) is 15.8. The van der Waals surface area contributed by atoms with Gasteiger partial charge in [-0.3, -0.25) is 0 Å². The number of amides is 2. The van der Waals surface area contributed by atoms with E-state index in [9.17, 15) is 9.90 Å². The van der Waals surface area contributed by atoms with Gasteiger partial charge in [-0.25, -0.2) is 4.79 Å². The highest BCUT2D eigenvalue weighted by atomic mass is 16.3. The van der Waals surface area contributed by atoms with Gasteiger partial charge < -0.3 is 20.6 Å². The highest BCUT2D eigenvalue weighted by Crippen LogP contribution is 2.17. The number of urea groups is 1. The van der Waals surface area contributed by atoms with E-state index in [-0.39, 0.29) is 12.6 Å². The molecule has 2 rings (SSSR count). The molecule has 0 radical (unpaired) electrons. The van der Waals surface area contributed by atoms with Crippen LogP contribution in [-0.2, 0) is 0 Å². The summed E-state index contributed by atoms with van der Waals surface area (Å²) in [4.78, 5) is 14.4. The van der Waals surface area contributed by atoms with Crippen LogP contribution in [0.5, 0.6) is 0 Å². The zero-order valence-electron chi connectivity index (χ0n) is 15.6. The second-order valence-corrected chi connectivity index (χ2v) is 7.10. The Hall–Kier alpha value is -1.59. The molecule has 0 saturated carbocycles. The molecule has 1 fully saturated rings. The zero-order valence-corrected chi connectivity index (χ0v) is 15.6. The van der Waals surface area contributed by atoms with Crippen molar-refractivity contribution >= 4 is 6.03 Å². The maximum absolute atomic E-state index is 11.8. The largest absolute Gasteiger partial charge is 0.387 e. The van der Waals surface area contributed by atoms with Crippen molar-refractivity contribution in [3.05, 3.63) is 35.4 Å². The second-order valence-electron chi connectivity index (χ2n) is 7.10. The number of hydrogen-bond acceptors (Lipinski definition) is 3. The molecule has 0 spiro atoms. The Bertz CT molecular complexity index is 535. The average Bonchev–Trinajstić information content (AvgIpc) is 2.61. The molecular weight excluding hydrogens is 314 g/mol. The summed E-state index contributed by atoms with van der Waals surface area (Å²) < 4.78 is 0. The highest BCUT2D eigenvalue weighted by molar-refractivity contribution is 5.73. The number of aliphatic hydroxyl groups excluding tert-OH is 1. The van der Waals surface area contributed by atoms with Gasteiger partial charge in [-0.05, 0) is 63.7 Å². The lowest BCUT2D eigenvalue weighted by Crippen LogP contribution is -2.39. The monoisotopic (exact) mass is 347 g/mol. The van der Waals surface area contributed by atoms with Crippen molar-refractivity contribution in [3.63, 3.8) is 0 Å².